The summed E-state index contributed by atoms with van der Waals surface area (Å²) in [6.45, 7) is 2.07. The maximum absolute atomic E-state index is 5.63. The van der Waals surface area contributed by atoms with Gasteiger partial charge >= 0.3 is 0 Å². The molecule has 0 saturated carbocycles. The summed E-state index contributed by atoms with van der Waals surface area (Å²) >= 11 is 7.34. The van der Waals surface area contributed by atoms with Gasteiger partial charge in [-0.05, 0) is 25.1 Å². The van der Waals surface area contributed by atoms with Crippen molar-refractivity contribution in [1.82, 2.24) is 10.2 Å². The number of hydrogen-bond acceptors (Lipinski definition) is 3. The van der Waals surface area contributed by atoms with Gasteiger partial charge in [-0.15, -0.1) is 21.5 Å². The van der Waals surface area contributed by atoms with Crippen molar-refractivity contribution in [3.63, 3.8) is 0 Å². The molecule has 0 saturated heterocycles. The highest BCUT2D eigenvalue weighted by Gasteiger charge is 2.01. The van der Waals surface area contributed by atoms with Crippen LogP contribution in [-0.4, -0.2) is 10.2 Å². The van der Waals surface area contributed by atoms with Gasteiger partial charge in [0, 0.05) is 15.8 Å². The molecule has 0 aliphatic carbocycles. The first-order chi connectivity index (χ1) is 6.25. The average molecular weight is 211 g/mol. The number of aromatic nitrogens is 2. The molecule has 2 rings (SSSR count). The minimum atomic E-state index is 0.427. The van der Waals surface area contributed by atoms with Crippen LogP contribution in [0.5, 0.6) is 0 Å². The lowest BCUT2D eigenvalue weighted by molar-refractivity contribution is 1.04. The Labute approximate surface area is 85.2 Å². The summed E-state index contributed by atoms with van der Waals surface area (Å²) in [4.78, 5) is 1.27. The van der Waals surface area contributed by atoms with Crippen molar-refractivity contribution in [1.29, 1.82) is 0 Å². The van der Waals surface area contributed by atoms with Gasteiger partial charge in [-0.3, -0.25) is 0 Å². The van der Waals surface area contributed by atoms with Crippen LogP contribution in [0, 0.1) is 6.92 Å². The molecule has 2 aromatic rings. The molecule has 0 N–H and O–H groups in total. The van der Waals surface area contributed by atoms with E-state index in [1.807, 2.05) is 6.07 Å². The third-order valence-corrected chi connectivity index (χ3v) is 2.72. The lowest BCUT2D eigenvalue weighted by Gasteiger charge is -1.93. The Balaban J connectivity index is 2.41. The van der Waals surface area contributed by atoms with Gasteiger partial charge in [0.05, 0.1) is 5.69 Å². The van der Waals surface area contributed by atoms with Crippen molar-refractivity contribution in [2.24, 2.45) is 0 Å². The lowest BCUT2D eigenvalue weighted by atomic mass is 10.2. The summed E-state index contributed by atoms with van der Waals surface area (Å²) in [6, 6.07) is 5.70. The first kappa shape index (κ1) is 8.66. The molecule has 0 aliphatic rings. The van der Waals surface area contributed by atoms with Crippen LogP contribution < -0.4 is 0 Å². The SMILES string of the molecule is Cc1cc(-c2ccc(Cl)nn2)cs1. The maximum Gasteiger partial charge on any atom is 0.151 e. The highest BCUT2D eigenvalue weighted by atomic mass is 35.5. The van der Waals surface area contributed by atoms with E-state index >= 15 is 0 Å². The molecule has 2 nitrogen and oxygen atoms in total. The average Bonchev–Trinajstić information content (AvgIpc) is 2.53. The Morgan fingerprint density at radius 2 is 2.15 bits per heavy atom. The summed E-state index contributed by atoms with van der Waals surface area (Å²) in [5.74, 6) is 0. The summed E-state index contributed by atoms with van der Waals surface area (Å²) in [5, 5.41) is 10.3. The van der Waals surface area contributed by atoms with E-state index in [1.54, 1.807) is 17.4 Å². The third kappa shape index (κ3) is 1.87. The summed E-state index contributed by atoms with van der Waals surface area (Å²) < 4.78 is 0. The zero-order valence-corrected chi connectivity index (χ0v) is 8.56. The zero-order valence-electron chi connectivity index (χ0n) is 6.99. The van der Waals surface area contributed by atoms with E-state index in [4.69, 9.17) is 11.6 Å². The number of nitrogens with zero attached hydrogens (tertiary/aromatic N) is 2. The molecule has 2 heterocycles. The van der Waals surface area contributed by atoms with Gasteiger partial charge in [0.1, 0.15) is 0 Å². The van der Waals surface area contributed by atoms with Gasteiger partial charge in [0.2, 0.25) is 0 Å². The van der Waals surface area contributed by atoms with E-state index in [1.165, 1.54) is 4.88 Å². The molecule has 0 amide bonds. The molecule has 4 heteroatoms. The normalized spacial score (nSPS) is 10.3. The van der Waals surface area contributed by atoms with E-state index in [9.17, 15) is 0 Å². The van der Waals surface area contributed by atoms with Crippen LogP contribution >= 0.6 is 22.9 Å². The van der Waals surface area contributed by atoms with E-state index in [0.717, 1.165) is 11.3 Å². The van der Waals surface area contributed by atoms with E-state index in [-0.39, 0.29) is 0 Å². The molecular weight excluding hydrogens is 204 g/mol. The second-order valence-electron chi connectivity index (χ2n) is 2.69. The standard InChI is InChI=1S/C9H7ClN2S/c1-6-4-7(5-13-6)8-2-3-9(10)12-11-8/h2-5H,1H3. The largest absolute Gasteiger partial charge is 0.151 e. The van der Waals surface area contributed by atoms with Crippen LogP contribution in [0.25, 0.3) is 11.3 Å². The summed E-state index contributed by atoms with van der Waals surface area (Å²) in [7, 11) is 0. The summed E-state index contributed by atoms with van der Waals surface area (Å²) in [6.07, 6.45) is 0. The molecule has 2 aromatic heterocycles. The highest BCUT2D eigenvalue weighted by molar-refractivity contribution is 7.10. The number of aryl methyl sites for hydroxylation is 1. The van der Waals surface area contributed by atoms with Gasteiger partial charge in [0.25, 0.3) is 0 Å². The lowest BCUT2D eigenvalue weighted by Crippen LogP contribution is -1.84. The predicted molar refractivity (Wildman–Crippen MR) is 55.1 cm³/mol. The smallest absolute Gasteiger partial charge is 0.149 e. The van der Waals surface area contributed by atoms with E-state index in [0.29, 0.717) is 5.15 Å². The van der Waals surface area contributed by atoms with Crippen LogP contribution in [-0.2, 0) is 0 Å². The fourth-order valence-electron chi connectivity index (χ4n) is 1.05. The van der Waals surface area contributed by atoms with Gasteiger partial charge in [-0.2, -0.15) is 0 Å². The minimum absolute atomic E-state index is 0.427. The molecule has 0 atom stereocenters. The molecule has 0 bridgehead atoms. The van der Waals surface area contributed by atoms with Crippen molar-refractivity contribution < 1.29 is 0 Å². The Bertz CT molecular complexity index is 408. The maximum atomic E-state index is 5.63. The molecule has 0 unspecified atom stereocenters. The van der Waals surface area contributed by atoms with Gasteiger partial charge < -0.3 is 0 Å². The number of thiophene rings is 1. The van der Waals surface area contributed by atoms with Crippen LogP contribution in [0.1, 0.15) is 4.88 Å². The van der Waals surface area contributed by atoms with Crippen molar-refractivity contribution in [3.8, 4) is 11.3 Å². The first-order valence-corrected chi connectivity index (χ1v) is 5.06. The molecule has 66 valence electrons. The Hall–Kier alpha value is -0.930. The van der Waals surface area contributed by atoms with Gasteiger partial charge in [0.15, 0.2) is 5.15 Å². The molecule has 13 heavy (non-hydrogen) atoms. The van der Waals surface area contributed by atoms with Crippen molar-refractivity contribution in [2.75, 3.05) is 0 Å². The monoisotopic (exact) mass is 210 g/mol. The van der Waals surface area contributed by atoms with Gasteiger partial charge in [-0.1, -0.05) is 11.6 Å². The Morgan fingerprint density at radius 3 is 2.69 bits per heavy atom. The topological polar surface area (TPSA) is 25.8 Å². The molecule has 0 aliphatic heterocycles. The van der Waals surface area contributed by atoms with Crippen molar-refractivity contribution in [2.45, 2.75) is 6.92 Å². The van der Waals surface area contributed by atoms with Crippen LogP contribution in [0.3, 0.4) is 0 Å². The first-order valence-electron chi connectivity index (χ1n) is 3.80. The third-order valence-electron chi connectivity index (χ3n) is 1.66. The van der Waals surface area contributed by atoms with Crippen LogP contribution in [0.15, 0.2) is 23.6 Å². The second kappa shape index (κ2) is 3.44. The molecule has 0 fully saturated rings. The van der Waals surface area contributed by atoms with Crippen molar-refractivity contribution in [3.05, 3.63) is 33.6 Å². The van der Waals surface area contributed by atoms with E-state index in [2.05, 4.69) is 28.6 Å². The van der Waals surface area contributed by atoms with Crippen LogP contribution in [0.4, 0.5) is 0 Å². The molecule has 0 radical (unpaired) electrons. The molecule has 0 spiro atoms. The highest BCUT2D eigenvalue weighted by Crippen LogP contribution is 2.23. The molecule has 0 aromatic carbocycles. The minimum Gasteiger partial charge on any atom is -0.149 e. The van der Waals surface area contributed by atoms with Crippen LogP contribution in [0.2, 0.25) is 5.15 Å². The second-order valence-corrected chi connectivity index (χ2v) is 4.19. The van der Waals surface area contributed by atoms with Crippen molar-refractivity contribution >= 4 is 22.9 Å². The molecular formula is C9H7ClN2S. The zero-order chi connectivity index (χ0) is 9.26. The quantitative estimate of drug-likeness (QED) is 0.723. The number of rotatable bonds is 1. The number of hydrogen-bond donors (Lipinski definition) is 0. The van der Waals surface area contributed by atoms with Gasteiger partial charge in [-0.25, -0.2) is 0 Å². The Morgan fingerprint density at radius 1 is 1.31 bits per heavy atom. The van der Waals surface area contributed by atoms with E-state index < -0.39 is 0 Å². The fraction of sp³-hybridized carbons (Fsp3) is 0.111. The Kier molecular flexibility index (Phi) is 2.29. The fourth-order valence-corrected chi connectivity index (χ4v) is 1.85. The predicted octanol–water partition coefficient (Wildman–Crippen LogP) is 3.17. The summed E-state index contributed by atoms with van der Waals surface area (Å²) in [5.41, 5.74) is 1.97. The number of halogens is 1.